The van der Waals surface area contributed by atoms with Gasteiger partial charge in [0.15, 0.2) is 0 Å². The molecule has 0 unspecified atom stereocenters. The summed E-state index contributed by atoms with van der Waals surface area (Å²) in [6.45, 7) is 5.62. The first-order valence-electron chi connectivity index (χ1n) is 6.18. The summed E-state index contributed by atoms with van der Waals surface area (Å²) in [5, 5.41) is 2.71. The number of anilines is 1. The van der Waals surface area contributed by atoms with E-state index in [1.54, 1.807) is 45.0 Å². The first-order valence-corrected chi connectivity index (χ1v) is 6.18. The smallest absolute Gasteiger partial charge is 0.338 e. The van der Waals surface area contributed by atoms with Crippen LogP contribution in [0.4, 0.5) is 5.69 Å². The molecule has 0 aromatic heterocycles. The third-order valence-electron chi connectivity index (χ3n) is 2.27. The van der Waals surface area contributed by atoms with Gasteiger partial charge in [0.05, 0.1) is 12.2 Å². The van der Waals surface area contributed by atoms with E-state index < -0.39 is 11.5 Å². The monoisotopic (exact) mass is 264 g/mol. The van der Waals surface area contributed by atoms with Crippen LogP contribution < -0.4 is 11.1 Å². The van der Waals surface area contributed by atoms with Crippen LogP contribution in [-0.4, -0.2) is 24.0 Å². The molecule has 19 heavy (non-hydrogen) atoms. The van der Waals surface area contributed by atoms with Gasteiger partial charge in [0, 0.05) is 17.6 Å². The van der Waals surface area contributed by atoms with Crippen molar-refractivity contribution in [3.63, 3.8) is 0 Å². The van der Waals surface area contributed by atoms with Crippen molar-refractivity contribution in [1.82, 2.24) is 0 Å². The number of carbonyl (C=O) groups is 2. The minimum atomic E-state index is -0.567. The lowest BCUT2D eigenvalue weighted by atomic mass is 10.0. The Hall–Kier alpha value is -1.88. The molecule has 1 aromatic rings. The highest BCUT2D eigenvalue weighted by Crippen LogP contribution is 2.13. The molecule has 0 bridgehead atoms. The van der Waals surface area contributed by atoms with Crippen LogP contribution in [0.15, 0.2) is 24.3 Å². The average molecular weight is 264 g/mol. The number of hydrogen-bond donors (Lipinski definition) is 2. The third-order valence-corrected chi connectivity index (χ3v) is 2.27. The van der Waals surface area contributed by atoms with Gasteiger partial charge < -0.3 is 15.8 Å². The van der Waals surface area contributed by atoms with Gasteiger partial charge in [-0.1, -0.05) is 6.07 Å². The molecule has 3 N–H and O–H groups in total. The fraction of sp³-hybridized carbons (Fsp3) is 0.429. The number of benzene rings is 1. The van der Waals surface area contributed by atoms with Crippen molar-refractivity contribution in [1.29, 1.82) is 0 Å². The zero-order chi connectivity index (χ0) is 14.5. The zero-order valence-electron chi connectivity index (χ0n) is 11.5. The molecule has 0 spiro atoms. The molecule has 0 fully saturated rings. The van der Waals surface area contributed by atoms with Crippen molar-refractivity contribution in [2.24, 2.45) is 5.73 Å². The minimum absolute atomic E-state index is 0.187. The Morgan fingerprint density at radius 3 is 2.63 bits per heavy atom. The van der Waals surface area contributed by atoms with Crippen LogP contribution in [0.5, 0.6) is 0 Å². The second-order valence-electron chi connectivity index (χ2n) is 5.01. The predicted octanol–water partition coefficient (Wildman–Crippen LogP) is 1.93. The highest BCUT2D eigenvalue weighted by atomic mass is 16.5. The van der Waals surface area contributed by atoms with E-state index in [4.69, 9.17) is 10.5 Å². The van der Waals surface area contributed by atoms with E-state index in [9.17, 15) is 9.59 Å². The summed E-state index contributed by atoms with van der Waals surface area (Å²) in [6.07, 6.45) is 0.205. The maximum absolute atomic E-state index is 11.7. The van der Waals surface area contributed by atoms with E-state index in [-0.39, 0.29) is 12.3 Å². The Kier molecular flexibility index (Phi) is 5.06. The average Bonchev–Trinajstić information content (AvgIpc) is 2.27. The summed E-state index contributed by atoms with van der Waals surface area (Å²) in [5.41, 5.74) is 6.17. The number of nitrogens with one attached hydrogen (secondary N) is 1. The molecular weight excluding hydrogens is 244 g/mol. The van der Waals surface area contributed by atoms with Gasteiger partial charge in [0.1, 0.15) is 0 Å². The SMILES string of the molecule is CCOC(=O)c1cccc(NC(=O)CC(C)(C)N)c1. The first kappa shape index (κ1) is 15.2. The summed E-state index contributed by atoms with van der Waals surface area (Å²) < 4.78 is 4.90. The van der Waals surface area contributed by atoms with E-state index in [0.717, 1.165) is 0 Å². The minimum Gasteiger partial charge on any atom is -0.462 e. The molecule has 1 aromatic carbocycles. The number of carbonyl (C=O) groups excluding carboxylic acids is 2. The molecule has 5 nitrogen and oxygen atoms in total. The fourth-order valence-electron chi connectivity index (χ4n) is 1.56. The normalized spacial score (nSPS) is 10.9. The van der Waals surface area contributed by atoms with Gasteiger partial charge in [-0.15, -0.1) is 0 Å². The summed E-state index contributed by atoms with van der Waals surface area (Å²) >= 11 is 0. The largest absolute Gasteiger partial charge is 0.462 e. The summed E-state index contributed by atoms with van der Waals surface area (Å²) in [5.74, 6) is -0.591. The fourth-order valence-corrected chi connectivity index (χ4v) is 1.56. The predicted molar refractivity (Wildman–Crippen MR) is 73.9 cm³/mol. The van der Waals surface area contributed by atoms with Gasteiger partial charge in [-0.2, -0.15) is 0 Å². The van der Waals surface area contributed by atoms with Crippen molar-refractivity contribution < 1.29 is 14.3 Å². The van der Waals surface area contributed by atoms with Gasteiger partial charge >= 0.3 is 5.97 Å². The number of amides is 1. The van der Waals surface area contributed by atoms with Crippen LogP contribution in [0.1, 0.15) is 37.6 Å². The second kappa shape index (κ2) is 6.33. The van der Waals surface area contributed by atoms with E-state index in [1.165, 1.54) is 0 Å². The van der Waals surface area contributed by atoms with Crippen LogP contribution in [0.25, 0.3) is 0 Å². The van der Waals surface area contributed by atoms with E-state index >= 15 is 0 Å². The molecule has 0 atom stereocenters. The van der Waals surface area contributed by atoms with E-state index in [2.05, 4.69) is 5.32 Å². The topological polar surface area (TPSA) is 81.4 Å². The van der Waals surface area contributed by atoms with Gasteiger partial charge in [0.25, 0.3) is 0 Å². The lowest BCUT2D eigenvalue weighted by molar-refractivity contribution is -0.117. The number of ether oxygens (including phenoxy) is 1. The van der Waals surface area contributed by atoms with Crippen LogP contribution in [-0.2, 0) is 9.53 Å². The van der Waals surface area contributed by atoms with Crippen LogP contribution >= 0.6 is 0 Å². The summed E-state index contributed by atoms with van der Waals surface area (Å²) in [7, 11) is 0. The maximum Gasteiger partial charge on any atom is 0.338 e. The number of hydrogen-bond acceptors (Lipinski definition) is 4. The van der Waals surface area contributed by atoms with Gasteiger partial charge in [-0.05, 0) is 39.0 Å². The van der Waals surface area contributed by atoms with E-state index in [1.807, 2.05) is 0 Å². The van der Waals surface area contributed by atoms with Gasteiger partial charge in [-0.3, -0.25) is 4.79 Å². The van der Waals surface area contributed by atoms with Crippen molar-refractivity contribution >= 4 is 17.6 Å². The highest BCUT2D eigenvalue weighted by Gasteiger charge is 2.16. The Labute approximate surface area is 113 Å². The Bertz CT molecular complexity index is 464. The molecule has 104 valence electrons. The number of esters is 1. The third kappa shape index (κ3) is 5.52. The molecule has 1 amide bonds. The molecule has 0 aliphatic rings. The quantitative estimate of drug-likeness (QED) is 0.796. The summed E-state index contributed by atoms with van der Waals surface area (Å²) in [6, 6.07) is 6.62. The molecule has 0 saturated heterocycles. The second-order valence-corrected chi connectivity index (χ2v) is 5.01. The molecule has 0 aliphatic heterocycles. The van der Waals surface area contributed by atoms with Crippen LogP contribution in [0.3, 0.4) is 0 Å². The lowest BCUT2D eigenvalue weighted by Gasteiger charge is -2.17. The summed E-state index contributed by atoms with van der Waals surface area (Å²) in [4.78, 5) is 23.3. The molecule has 0 radical (unpaired) electrons. The Balaban J connectivity index is 2.72. The lowest BCUT2D eigenvalue weighted by Crippen LogP contribution is -2.36. The molecule has 0 aliphatic carbocycles. The molecular formula is C14H20N2O3. The molecule has 0 saturated carbocycles. The van der Waals surface area contributed by atoms with Crippen LogP contribution in [0, 0.1) is 0 Å². The Morgan fingerprint density at radius 1 is 1.37 bits per heavy atom. The maximum atomic E-state index is 11.7. The van der Waals surface area contributed by atoms with Crippen molar-refractivity contribution in [2.75, 3.05) is 11.9 Å². The molecule has 1 rings (SSSR count). The zero-order valence-corrected chi connectivity index (χ0v) is 11.5. The van der Waals surface area contributed by atoms with Crippen LogP contribution in [0.2, 0.25) is 0 Å². The standard InChI is InChI=1S/C14H20N2O3/c1-4-19-13(18)10-6-5-7-11(8-10)16-12(17)9-14(2,3)15/h5-8H,4,9,15H2,1-3H3,(H,16,17). The first-order chi connectivity index (χ1) is 8.81. The molecule has 0 heterocycles. The van der Waals surface area contributed by atoms with Crippen molar-refractivity contribution in [3.8, 4) is 0 Å². The van der Waals surface area contributed by atoms with Crippen molar-refractivity contribution in [2.45, 2.75) is 32.7 Å². The molecule has 5 heteroatoms. The number of rotatable bonds is 5. The number of nitrogens with two attached hydrogens (primary N) is 1. The van der Waals surface area contributed by atoms with Gasteiger partial charge in [0.2, 0.25) is 5.91 Å². The van der Waals surface area contributed by atoms with Gasteiger partial charge in [-0.25, -0.2) is 4.79 Å². The highest BCUT2D eigenvalue weighted by molar-refractivity contribution is 5.94. The van der Waals surface area contributed by atoms with E-state index in [0.29, 0.717) is 17.9 Å². The van der Waals surface area contributed by atoms with Crippen molar-refractivity contribution in [3.05, 3.63) is 29.8 Å². The Morgan fingerprint density at radius 2 is 2.05 bits per heavy atom.